The van der Waals surface area contributed by atoms with Gasteiger partial charge in [-0.3, -0.25) is 0 Å². The molecular weight excluding hydrogens is 415 g/mol. The lowest BCUT2D eigenvalue weighted by Crippen LogP contribution is -1.98. The molecule has 0 heterocycles. The molecule has 0 saturated heterocycles. The van der Waals surface area contributed by atoms with E-state index < -0.39 is 0 Å². The maximum Gasteiger partial charge on any atom is 0.123 e. The molecule has 100 valence electrons. The van der Waals surface area contributed by atoms with E-state index in [0.29, 0.717) is 10.0 Å². The van der Waals surface area contributed by atoms with Gasteiger partial charge in [-0.05, 0) is 35.9 Å². The van der Waals surface area contributed by atoms with Crippen LogP contribution in [-0.2, 0) is 0 Å². The quantitative estimate of drug-likeness (QED) is 0.529. The fraction of sp³-hybridized carbons (Fsp3) is 0.143. The summed E-state index contributed by atoms with van der Waals surface area (Å²) in [6.07, 6.45) is 0. The predicted molar refractivity (Wildman–Crippen MR) is 87.9 cm³/mol. The molecule has 19 heavy (non-hydrogen) atoms. The normalized spacial score (nSPS) is 12.3. The van der Waals surface area contributed by atoms with Crippen molar-refractivity contribution in [1.82, 2.24) is 0 Å². The molecule has 0 aliphatic heterocycles. The summed E-state index contributed by atoms with van der Waals surface area (Å²) in [5, 5.41) is 1.36. The van der Waals surface area contributed by atoms with Gasteiger partial charge < -0.3 is 4.74 Å². The number of ether oxygens (including phenoxy) is 1. The molecule has 2 aromatic carbocycles. The van der Waals surface area contributed by atoms with E-state index in [4.69, 9.17) is 27.9 Å². The number of benzene rings is 2. The van der Waals surface area contributed by atoms with Crippen LogP contribution in [0.15, 0.2) is 40.9 Å². The van der Waals surface area contributed by atoms with Crippen LogP contribution in [0.5, 0.6) is 5.75 Å². The molecule has 0 saturated carbocycles. The van der Waals surface area contributed by atoms with Crippen LogP contribution < -0.4 is 4.74 Å². The Balaban J connectivity index is 2.49. The van der Waals surface area contributed by atoms with Crippen molar-refractivity contribution in [3.05, 3.63) is 62.0 Å². The fourth-order valence-electron chi connectivity index (χ4n) is 1.78. The van der Waals surface area contributed by atoms with Crippen LogP contribution in [0.25, 0.3) is 0 Å². The summed E-state index contributed by atoms with van der Waals surface area (Å²) in [6.45, 7) is 0. The largest absolute Gasteiger partial charge is 0.496 e. The third-order valence-corrected chi connectivity index (χ3v) is 4.84. The number of alkyl halides is 1. The predicted octanol–water partition coefficient (Wildman–Crippen LogP) is 6.25. The minimum Gasteiger partial charge on any atom is -0.496 e. The topological polar surface area (TPSA) is 9.23 Å². The number of rotatable bonds is 3. The minimum atomic E-state index is -0.0345. The van der Waals surface area contributed by atoms with E-state index in [1.807, 2.05) is 30.3 Å². The molecule has 0 aliphatic rings. The van der Waals surface area contributed by atoms with E-state index in [9.17, 15) is 0 Å². The zero-order valence-electron chi connectivity index (χ0n) is 9.96. The van der Waals surface area contributed by atoms with Gasteiger partial charge in [0.15, 0.2) is 0 Å². The van der Waals surface area contributed by atoms with Gasteiger partial charge in [0, 0.05) is 20.1 Å². The molecule has 0 fully saturated rings. The summed E-state index contributed by atoms with van der Waals surface area (Å²) in [5.41, 5.74) is 2.03. The van der Waals surface area contributed by atoms with Crippen molar-refractivity contribution in [2.75, 3.05) is 7.11 Å². The molecule has 2 rings (SSSR count). The first-order valence-corrected chi connectivity index (χ1v) is 7.92. The average Bonchev–Trinajstić information content (AvgIpc) is 2.38. The molecule has 2 aromatic rings. The lowest BCUT2D eigenvalue weighted by Gasteiger charge is -2.16. The van der Waals surface area contributed by atoms with E-state index in [0.717, 1.165) is 21.3 Å². The highest BCUT2D eigenvalue weighted by molar-refractivity contribution is 9.11. The van der Waals surface area contributed by atoms with Crippen molar-refractivity contribution >= 4 is 55.1 Å². The fourth-order valence-corrected chi connectivity index (χ4v) is 3.93. The Bertz CT molecular complexity index is 602. The smallest absolute Gasteiger partial charge is 0.123 e. The summed E-state index contributed by atoms with van der Waals surface area (Å²) in [6, 6.07) is 11.2. The average molecular weight is 425 g/mol. The molecule has 0 spiro atoms. The van der Waals surface area contributed by atoms with Gasteiger partial charge in [0.05, 0.1) is 11.9 Å². The van der Waals surface area contributed by atoms with Crippen LogP contribution in [0.4, 0.5) is 0 Å². The van der Waals surface area contributed by atoms with E-state index >= 15 is 0 Å². The summed E-state index contributed by atoms with van der Waals surface area (Å²) in [7, 11) is 1.64. The van der Waals surface area contributed by atoms with Crippen LogP contribution in [0.3, 0.4) is 0 Å². The van der Waals surface area contributed by atoms with E-state index in [2.05, 4.69) is 31.9 Å². The van der Waals surface area contributed by atoms with Crippen molar-refractivity contribution in [2.45, 2.75) is 4.83 Å². The first-order valence-electron chi connectivity index (χ1n) is 5.45. The summed E-state index contributed by atoms with van der Waals surface area (Å²) in [5.74, 6) is 0.785. The number of hydrogen-bond donors (Lipinski definition) is 0. The van der Waals surface area contributed by atoms with E-state index in [1.54, 1.807) is 13.2 Å². The van der Waals surface area contributed by atoms with Gasteiger partial charge in [-0.1, -0.05) is 61.1 Å². The maximum absolute atomic E-state index is 6.06. The molecule has 0 aliphatic carbocycles. The molecular formula is C14H10Br2Cl2O. The van der Waals surface area contributed by atoms with Crippen molar-refractivity contribution in [1.29, 1.82) is 0 Å². The van der Waals surface area contributed by atoms with Gasteiger partial charge in [0.2, 0.25) is 0 Å². The van der Waals surface area contributed by atoms with Crippen LogP contribution in [0.2, 0.25) is 10.0 Å². The van der Waals surface area contributed by atoms with Crippen molar-refractivity contribution in [3.8, 4) is 5.75 Å². The number of methoxy groups -OCH3 is 1. The van der Waals surface area contributed by atoms with Gasteiger partial charge in [0.25, 0.3) is 0 Å². The van der Waals surface area contributed by atoms with Gasteiger partial charge >= 0.3 is 0 Å². The first kappa shape index (κ1) is 15.2. The molecule has 0 radical (unpaired) electrons. The lowest BCUT2D eigenvalue weighted by molar-refractivity contribution is 0.410. The Morgan fingerprint density at radius 1 is 1.00 bits per heavy atom. The minimum absolute atomic E-state index is 0.0345. The molecule has 0 N–H and O–H groups in total. The van der Waals surface area contributed by atoms with Crippen molar-refractivity contribution in [2.24, 2.45) is 0 Å². The second-order valence-electron chi connectivity index (χ2n) is 3.91. The number of hydrogen-bond acceptors (Lipinski definition) is 1. The highest BCUT2D eigenvalue weighted by atomic mass is 79.9. The Hall–Kier alpha value is -0.220. The summed E-state index contributed by atoms with van der Waals surface area (Å²) < 4.78 is 6.31. The Morgan fingerprint density at radius 3 is 2.26 bits per heavy atom. The third kappa shape index (κ3) is 3.46. The molecule has 1 unspecified atom stereocenters. The molecule has 0 bridgehead atoms. The second kappa shape index (κ2) is 6.49. The molecule has 0 amide bonds. The van der Waals surface area contributed by atoms with Gasteiger partial charge in [-0.2, -0.15) is 0 Å². The Morgan fingerprint density at radius 2 is 1.63 bits per heavy atom. The highest BCUT2D eigenvalue weighted by Crippen LogP contribution is 2.41. The van der Waals surface area contributed by atoms with Crippen LogP contribution in [0, 0.1) is 0 Å². The summed E-state index contributed by atoms with van der Waals surface area (Å²) in [4.78, 5) is -0.0345. The van der Waals surface area contributed by atoms with Crippen LogP contribution in [0.1, 0.15) is 16.0 Å². The first-order chi connectivity index (χ1) is 9.02. The lowest BCUT2D eigenvalue weighted by atomic mass is 10.0. The maximum atomic E-state index is 6.06. The van der Waals surface area contributed by atoms with Crippen LogP contribution in [-0.4, -0.2) is 7.11 Å². The molecule has 1 atom stereocenters. The zero-order chi connectivity index (χ0) is 14.0. The standard InChI is InChI=1S/C14H10Br2Cl2O/c1-19-13-5-3-8(17)6-11(13)14(16)10-4-2-9(18)7-12(10)15/h2-7,14H,1H3. The SMILES string of the molecule is COc1ccc(Cl)cc1C(Br)c1ccc(Cl)cc1Br. The number of halogens is 4. The highest BCUT2D eigenvalue weighted by Gasteiger charge is 2.18. The second-order valence-corrected chi connectivity index (χ2v) is 6.56. The zero-order valence-corrected chi connectivity index (χ0v) is 14.6. The molecule has 1 nitrogen and oxygen atoms in total. The summed E-state index contributed by atoms with van der Waals surface area (Å²) >= 11 is 19.2. The van der Waals surface area contributed by atoms with Crippen LogP contribution >= 0.6 is 55.1 Å². The van der Waals surface area contributed by atoms with Gasteiger partial charge in [-0.15, -0.1) is 0 Å². The molecule has 5 heteroatoms. The van der Waals surface area contributed by atoms with Gasteiger partial charge in [-0.25, -0.2) is 0 Å². The Labute approximate surface area is 139 Å². The Kier molecular flexibility index (Phi) is 5.18. The monoisotopic (exact) mass is 422 g/mol. The third-order valence-electron chi connectivity index (χ3n) is 2.70. The van der Waals surface area contributed by atoms with E-state index in [1.165, 1.54) is 0 Å². The molecule has 0 aromatic heterocycles. The van der Waals surface area contributed by atoms with Gasteiger partial charge in [0.1, 0.15) is 5.75 Å². The van der Waals surface area contributed by atoms with Crippen molar-refractivity contribution in [3.63, 3.8) is 0 Å². The van der Waals surface area contributed by atoms with E-state index in [-0.39, 0.29) is 4.83 Å². The van der Waals surface area contributed by atoms with Crippen molar-refractivity contribution < 1.29 is 4.74 Å².